The smallest absolute Gasteiger partial charge is 0.339 e. The van der Waals surface area contributed by atoms with Gasteiger partial charge >= 0.3 is 5.97 Å². The maximum Gasteiger partial charge on any atom is 0.339 e. The van der Waals surface area contributed by atoms with E-state index < -0.39 is 0 Å². The van der Waals surface area contributed by atoms with Crippen molar-refractivity contribution >= 4 is 17.6 Å². The van der Waals surface area contributed by atoms with Gasteiger partial charge < -0.3 is 9.84 Å². The van der Waals surface area contributed by atoms with Crippen LogP contribution >= 0.6 is 11.6 Å². The normalized spacial score (nSPS) is 20.6. The summed E-state index contributed by atoms with van der Waals surface area (Å²) in [5, 5.41) is 9.46. The van der Waals surface area contributed by atoms with Crippen molar-refractivity contribution in [3.8, 4) is 0 Å². The molecule has 0 aromatic carbocycles. The number of ether oxygens (including phenoxy) is 1. The fourth-order valence-electron chi connectivity index (χ4n) is 2.38. The summed E-state index contributed by atoms with van der Waals surface area (Å²) in [4.78, 5) is 16.4. The highest BCUT2D eigenvalue weighted by atomic mass is 35.5. The first-order chi connectivity index (χ1) is 10.0. The van der Waals surface area contributed by atoms with Gasteiger partial charge in [0, 0.05) is 6.61 Å². The molecule has 0 radical (unpaired) electrons. The summed E-state index contributed by atoms with van der Waals surface area (Å²) in [5.74, 6) is 0.919. The van der Waals surface area contributed by atoms with Crippen molar-refractivity contribution in [1.82, 2.24) is 4.98 Å². The number of aryl methyl sites for hydroxylation is 1. The van der Waals surface area contributed by atoms with Gasteiger partial charge in [0.15, 0.2) is 0 Å². The molecule has 1 heterocycles. The SMILES string of the molecule is CC(C)COC(=O)c1ccc(Cl)nc1CC[C@@H]1C[C@@H]1CO. The van der Waals surface area contributed by atoms with E-state index >= 15 is 0 Å². The molecule has 1 N–H and O–H groups in total. The lowest BCUT2D eigenvalue weighted by molar-refractivity contribution is 0.0457. The minimum Gasteiger partial charge on any atom is -0.462 e. The topological polar surface area (TPSA) is 59.4 Å². The molecule has 0 bridgehead atoms. The number of pyridine rings is 1. The Bertz CT molecular complexity index is 504. The van der Waals surface area contributed by atoms with Crippen LogP contribution in [0.2, 0.25) is 5.15 Å². The number of hydrogen-bond donors (Lipinski definition) is 1. The minimum absolute atomic E-state index is 0.247. The van der Waals surface area contributed by atoms with E-state index in [1.165, 1.54) is 0 Å². The molecule has 5 heteroatoms. The molecule has 0 aliphatic heterocycles. The van der Waals surface area contributed by atoms with Gasteiger partial charge in [-0.1, -0.05) is 25.4 Å². The Morgan fingerprint density at radius 1 is 1.48 bits per heavy atom. The largest absolute Gasteiger partial charge is 0.462 e. The predicted octanol–water partition coefficient (Wildman–Crippen LogP) is 3.11. The maximum atomic E-state index is 12.1. The molecule has 1 aromatic rings. The number of hydrogen-bond acceptors (Lipinski definition) is 4. The molecule has 2 atom stereocenters. The van der Waals surface area contributed by atoms with Gasteiger partial charge in [-0.05, 0) is 49.1 Å². The lowest BCUT2D eigenvalue weighted by Crippen LogP contribution is -2.13. The fourth-order valence-corrected chi connectivity index (χ4v) is 2.55. The summed E-state index contributed by atoms with van der Waals surface area (Å²) in [5.41, 5.74) is 1.20. The Labute approximate surface area is 130 Å². The Kier molecular flexibility index (Phi) is 5.59. The monoisotopic (exact) mass is 311 g/mol. The number of aliphatic hydroxyl groups excluding tert-OH is 1. The molecule has 0 unspecified atom stereocenters. The van der Waals surface area contributed by atoms with Crippen LogP contribution in [0.5, 0.6) is 0 Å². The molecular weight excluding hydrogens is 290 g/mol. The van der Waals surface area contributed by atoms with Gasteiger partial charge in [-0.3, -0.25) is 0 Å². The highest BCUT2D eigenvalue weighted by Crippen LogP contribution is 2.41. The molecule has 0 spiro atoms. The van der Waals surface area contributed by atoms with Gasteiger partial charge in [0.1, 0.15) is 5.15 Å². The van der Waals surface area contributed by atoms with Gasteiger partial charge in [-0.15, -0.1) is 0 Å². The summed E-state index contributed by atoms with van der Waals surface area (Å²) < 4.78 is 5.27. The number of carbonyl (C=O) groups is 1. The maximum absolute atomic E-state index is 12.1. The van der Waals surface area contributed by atoms with Crippen LogP contribution in [0.4, 0.5) is 0 Å². The van der Waals surface area contributed by atoms with Crippen LogP contribution in [-0.2, 0) is 11.2 Å². The minimum atomic E-state index is -0.336. The van der Waals surface area contributed by atoms with Crippen molar-refractivity contribution in [1.29, 1.82) is 0 Å². The molecule has 1 saturated carbocycles. The number of halogens is 1. The first-order valence-corrected chi connectivity index (χ1v) is 7.82. The predicted molar refractivity (Wildman–Crippen MR) is 81.4 cm³/mol. The van der Waals surface area contributed by atoms with Crippen molar-refractivity contribution in [2.45, 2.75) is 33.1 Å². The van der Waals surface area contributed by atoms with Gasteiger partial charge in [0.2, 0.25) is 0 Å². The van der Waals surface area contributed by atoms with Crippen molar-refractivity contribution < 1.29 is 14.6 Å². The van der Waals surface area contributed by atoms with E-state index in [1.807, 2.05) is 13.8 Å². The Balaban J connectivity index is 2.01. The first-order valence-electron chi connectivity index (χ1n) is 7.44. The van der Waals surface area contributed by atoms with E-state index in [4.69, 9.17) is 21.4 Å². The van der Waals surface area contributed by atoms with E-state index in [2.05, 4.69) is 4.98 Å². The lowest BCUT2D eigenvalue weighted by atomic mass is 10.1. The van der Waals surface area contributed by atoms with Crippen LogP contribution in [0.1, 0.15) is 42.7 Å². The Morgan fingerprint density at radius 2 is 2.24 bits per heavy atom. The molecule has 1 fully saturated rings. The highest BCUT2D eigenvalue weighted by molar-refractivity contribution is 6.29. The number of nitrogens with zero attached hydrogens (tertiary/aromatic N) is 1. The number of aliphatic hydroxyl groups is 1. The summed E-state index contributed by atoms with van der Waals surface area (Å²) >= 11 is 5.93. The van der Waals surface area contributed by atoms with Crippen molar-refractivity contribution in [2.24, 2.45) is 17.8 Å². The van der Waals surface area contributed by atoms with Gasteiger partial charge in [0.05, 0.1) is 17.9 Å². The molecule has 4 nitrogen and oxygen atoms in total. The van der Waals surface area contributed by atoms with E-state index in [0.717, 1.165) is 12.8 Å². The average molecular weight is 312 g/mol. The third-order valence-electron chi connectivity index (χ3n) is 3.76. The molecule has 1 aliphatic carbocycles. The van der Waals surface area contributed by atoms with Crippen LogP contribution in [-0.4, -0.2) is 29.3 Å². The van der Waals surface area contributed by atoms with Crippen molar-refractivity contribution in [3.63, 3.8) is 0 Å². The van der Waals surface area contributed by atoms with Gasteiger partial charge in [-0.25, -0.2) is 9.78 Å². The molecule has 0 saturated heterocycles. The van der Waals surface area contributed by atoms with Crippen molar-refractivity contribution in [2.75, 3.05) is 13.2 Å². The zero-order valence-electron chi connectivity index (χ0n) is 12.5. The lowest BCUT2D eigenvalue weighted by Gasteiger charge is -2.10. The number of rotatable bonds is 7. The van der Waals surface area contributed by atoms with Crippen LogP contribution in [0.25, 0.3) is 0 Å². The molecule has 0 amide bonds. The number of carbonyl (C=O) groups excluding carboxylic acids is 1. The number of esters is 1. The molecule has 1 aromatic heterocycles. The first kappa shape index (κ1) is 16.2. The van der Waals surface area contributed by atoms with E-state index in [-0.39, 0.29) is 12.6 Å². The second kappa shape index (κ2) is 7.23. The van der Waals surface area contributed by atoms with Crippen LogP contribution in [0.3, 0.4) is 0 Å². The van der Waals surface area contributed by atoms with E-state index in [9.17, 15) is 4.79 Å². The van der Waals surface area contributed by atoms with E-state index in [0.29, 0.717) is 47.2 Å². The van der Waals surface area contributed by atoms with Crippen LogP contribution < -0.4 is 0 Å². The van der Waals surface area contributed by atoms with Crippen LogP contribution in [0.15, 0.2) is 12.1 Å². The summed E-state index contributed by atoms with van der Waals surface area (Å²) in [6.45, 7) is 4.64. The third kappa shape index (κ3) is 4.68. The summed E-state index contributed by atoms with van der Waals surface area (Å²) in [6.07, 6.45) is 2.67. The average Bonchev–Trinajstić information content (AvgIpc) is 3.21. The standard InChI is InChI=1S/C16H22ClNO3/c1-10(2)9-21-16(20)13-4-6-15(17)18-14(13)5-3-11-7-12(11)8-19/h4,6,10-12,19H,3,5,7-9H2,1-2H3/t11-,12-/m1/s1. The van der Waals surface area contributed by atoms with E-state index in [1.54, 1.807) is 12.1 Å². The second-order valence-corrected chi connectivity index (χ2v) is 6.48. The fraction of sp³-hybridized carbons (Fsp3) is 0.625. The van der Waals surface area contributed by atoms with Crippen molar-refractivity contribution in [3.05, 3.63) is 28.5 Å². The van der Waals surface area contributed by atoms with Gasteiger partial charge in [-0.2, -0.15) is 0 Å². The van der Waals surface area contributed by atoms with Crippen LogP contribution in [0, 0.1) is 17.8 Å². The quantitative estimate of drug-likeness (QED) is 0.621. The molecule has 2 rings (SSSR count). The summed E-state index contributed by atoms with van der Waals surface area (Å²) in [6, 6.07) is 3.30. The highest BCUT2D eigenvalue weighted by Gasteiger charge is 2.35. The molecule has 116 valence electrons. The Morgan fingerprint density at radius 3 is 2.86 bits per heavy atom. The zero-order valence-corrected chi connectivity index (χ0v) is 13.3. The third-order valence-corrected chi connectivity index (χ3v) is 3.97. The number of aromatic nitrogens is 1. The molecular formula is C16H22ClNO3. The van der Waals surface area contributed by atoms with Gasteiger partial charge in [0.25, 0.3) is 0 Å². The molecule has 21 heavy (non-hydrogen) atoms. The summed E-state index contributed by atoms with van der Waals surface area (Å²) in [7, 11) is 0. The molecule has 1 aliphatic rings. The second-order valence-electron chi connectivity index (χ2n) is 6.10. The zero-order chi connectivity index (χ0) is 15.4. The Hall–Kier alpha value is -1.13.